The van der Waals surface area contributed by atoms with Gasteiger partial charge < -0.3 is 13.9 Å². The van der Waals surface area contributed by atoms with Crippen LogP contribution >= 0.6 is 11.6 Å². The predicted octanol–water partition coefficient (Wildman–Crippen LogP) is 4.31. The zero-order chi connectivity index (χ0) is 27.3. The molecule has 0 aliphatic carbocycles. The van der Waals surface area contributed by atoms with Crippen LogP contribution < -0.4 is 9.46 Å². The van der Waals surface area contributed by atoms with E-state index >= 15 is 4.39 Å². The number of rotatable bonds is 7. The van der Waals surface area contributed by atoms with Crippen molar-refractivity contribution in [2.24, 2.45) is 0 Å². The van der Waals surface area contributed by atoms with Crippen molar-refractivity contribution in [2.45, 2.75) is 17.5 Å². The minimum absolute atomic E-state index is 0.0310. The second-order valence-corrected chi connectivity index (χ2v) is 10.6. The molecule has 5 heterocycles. The molecule has 0 radical (unpaired) electrons. The van der Waals surface area contributed by atoms with E-state index in [2.05, 4.69) is 25.0 Å². The molecule has 1 aliphatic heterocycles. The summed E-state index contributed by atoms with van der Waals surface area (Å²) in [5.41, 5.74) is 1.08. The Morgan fingerprint density at radius 1 is 1.18 bits per heavy atom. The van der Waals surface area contributed by atoms with Crippen LogP contribution in [0.1, 0.15) is 12.6 Å². The molecule has 0 bridgehead atoms. The van der Waals surface area contributed by atoms with E-state index in [1.165, 1.54) is 31.9 Å². The predicted molar refractivity (Wildman–Crippen MR) is 136 cm³/mol. The van der Waals surface area contributed by atoms with E-state index < -0.39 is 37.8 Å². The van der Waals surface area contributed by atoms with Crippen LogP contribution in [0, 0.1) is 11.6 Å². The molecule has 1 atom stereocenters. The summed E-state index contributed by atoms with van der Waals surface area (Å²) in [6, 6.07) is 6.23. The molecule has 15 heteroatoms. The molecular weight excluding hydrogens is 556 g/mol. The molecular formula is C24H18ClF2N7O4S. The fraction of sp³-hybridized carbons (Fsp3) is 0.167. The Kier molecular flexibility index (Phi) is 6.16. The normalized spacial score (nSPS) is 15.3. The Labute approximate surface area is 225 Å². The van der Waals surface area contributed by atoms with Gasteiger partial charge in [-0.2, -0.15) is 0 Å². The monoisotopic (exact) mass is 573 g/mol. The van der Waals surface area contributed by atoms with Crippen molar-refractivity contribution < 1.29 is 26.7 Å². The first-order valence-electron chi connectivity index (χ1n) is 11.5. The molecule has 4 aromatic heterocycles. The molecule has 1 aromatic carbocycles. The van der Waals surface area contributed by atoms with Crippen LogP contribution in [0.4, 0.5) is 14.5 Å². The summed E-state index contributed by atoms with van der Waals surface area (Å²) in [4.78, 5) is 7.86. The van der Waals surface area contributed by atoms with Crippen LogP contribution in [-0.2, 0) is 14.8 Å². The zero-order valence-corrected chi connectivity index (χ0v) is 21.6. The number of methoxy groups -OCH3 is 1. The largest absolute Gasteiger partial charge is 0.480 e. The maximum atomic E-state index is 15.6. The number of nitrogens with one attached hydrogen (secondary N) is 1. The average Bonchev–Trinajstić information content (AvgIpc) is 3.51. The molecule has 1 aliphatic rings. The highest BCUT2D eigenvalue weighted by atomic mass is 35.5. The highest BCUT2D eigenvalue weighted by Crippen LogP contribution is 2.35. The Morgan fingerprint density at radius 2 is 2.00 bits per heavy atom. The van der Waals surface area contributed by atoms with Crippen molar-refractivity contribution in [3.63, 3.8) is 0 Å². The Balaban J connectivity index is 1.37. The lowest BCUT2D eigenvalue weighted by Crippen LogP contribution is -2.26. The molecule has 1 saturated heterocycles. The van der Waals surface area contributed by atoms with Crippen LogP contribution in [0.3, 0.4) is 0 Å². The van der Waals surface area contributed by atoms with E-state index in [4.69, 9.17) is 21.1 Å². The first-order valence-corrected chi connectivity index (χ1v) is 13.3. The summed E-state index contributed by atoms with van der Waals surface area (Å²) in [5.74, 6) is -2.24. The quantitative estimate of drug-likeness (QED) is 0.305. The van der Waals surface area contributed by atoms with Crippen LogP contribution in [0.2, 0.25) is 5.02 Å². The van der Waals surface area contributed by atoms with Gasteiger partial charge >= 0.3 is 0 Å². The Bertz CT molecular complexity index is 1840. The molecule has 0 saturated carbocycles. The van der Waals surface area contributed by atoms with Crippen LogP contribution in [0.5, 0.6) is 5.88 Å². The molecule has 6 rings (SSSR count). The number of halogens is 3. The topological polar surface area (TPSA) is 126 Å². The van der Waals surface area contributed by atoms with Gasteiger partial charge in [0, 0.05) is 24.4 Å². The fourth-order valence-electron chi connectivity index (χ4n) is 4.24. The van der Waals surface area contributed by atoms with Crippen molar-refractivity contribution >= 4 is 32.8 Å². The minimum Gasteiger partial charge on any atom is -0.480 e. The highest BCUT2D eigenvalue weighted by Gasteiger charge is 2.27. The van der Waals surface area contributed by atoms with E-state index in [1.807, 2.05) is 0 Å². The number of nitrogens with zero attached hydrogens (tertiary/aromatic N) is 6. The molecule has 0 amide bonds. The zero-order valence-electron chi connectivity index (χ0n) is 20.0. The van der Waals surface area contributed by atoms with Crippen LogP contribution in [-0.4, -0.2) is 51.5 Å². The van der Waals surface area contributed by atoms with E-state index in [-0.39, 0.29) is 22.7 Å². The SMILES string of the molecule is COc1ncc(Cl)cc1S(=O)(=O)Nc1ccc(F)c(-c2ccc3c(-c4cnnn4C4CCO4)ncn3c2)c1F. The third-order valence-electron chi connectivity index (χ3n) is 6.19. The van der Waals surface area contributed by atoms with Gasteiger partial charge in [-0.1, -0.05) is 22.9 Å². The summed E-state index contributed by atoms with van der Waals surface area (Å²) in [7, 11) is -3.17. The van der Waals surface area contributed by atoms with E-state index in [0.29, 0.717) is 23.5 Å². The maximum absolute atomic E-state index is 15.6. The molecule has 1 fully saturated rings. The molecule has 1 N–H and O–H groups in total. The van der Waals surface area contributed by atoms with Gasteiger partial charge in [0.2, 0.25) is 5.88 Å². The number of benzene rings is 1. The highest BCUT2D eigenvalue weighted by molar-refractivity contribution is 7.92. The van der Waals surface area contributed by atoms with Crippen LogP contribution in [0.15, 0.2) is 60.1 Å². The minimum atomic E-state index is -4.40. The van der Waals surface area contributed by atoms with E-state index in [1.54, 1.807) is 21.3 Å². The van der Waals surface area contributed by atoms with E-state index in [9.17, 15) is 12.8 Å². The van der Waals surface area contributed by atoms with Crippen molar-refractivity contribution in [3.05, 3.63) is 71.9 Å². The van der Waals surface area contributed by atoms with Crippen molar-refractivity contribution in [2.75, 3.05) is 18.4 Å². The number of imidazole rings is 1. The van der Waals surface area contributed by atoms with Crippen molar-refractivity contribution in [1.82, 2.24) is 29.4 Å². The van der Waals surface area contributed by atoms with Gasteiger partial charge in [0.15, 0.2) is 16.9 Å². The summed E-state index contributed by atoms with van der Waals surface area (Å²) in [6.45, 7) is 0.632. The number of aromatic nitrogens is 6. The van der Waals surface area contributed by atoms with Gasteiger partial charge in [0.25, 0.3) is 10.0 Å². The molecule has 5 aromatic rings. The second-order valence-electron chi connectivity index (χ2n) is 8.53. The Morgan fingerprint density at radius 3 is 2.74 bits per heavy atom. The van der Waals surface area contributed by atoms with Gasteiger partial charge in [0.1, 0.15) is 23.5 Å². The van der Waals surface area contributed by atoms with Crippen molar-refractivity contribution in [1.29, 1.82) is 0 Å². The number of ether oxygens (including phenoxy) is 2. The lowest BCUT2D eigenvalue weighted by Gasteiger charge is -2.27. The van der Waals surface area contributed by atoms with E-state index in [0.717, 1.165) is 24.6 Å². The number of hydrogen-bond donors (Lipinski definition) is 1. The lowest BCUT2D eigenvalue weighted by atomic mass is 10.0. The maximum Gasteiger partial charge on any atom is 0.267 e. The molecule has 200 valence electrons. The Hall–Kier alpha value is -4.14. The van der Waals surface area contributed by atoms with Gasteiger partial charge in [0.05, 0.1) is 41.7 Å². The van der Waals surface area contributed by atoms with Crippen molar-refractivity contribution in [3.8, 4) is 28.4 Å². The summed E-state index contributed by atoms with van der Waals surface area (Å²) in [5, 5.41) is 8.08. The molecule has 39 heavy (non-hydrogen) atoms. The number of hydrogen-bond acceptors (Lipinski definition) is 8. The number of anilines is 1. The molecule has 11 nitrogen and oxygen atoms in total. The standard InChI is InChI=1S/C24H18ClF2N7O4S/c1-37-24-19(8-14(25)9-28-24)39(35,36)31-16-4-3-15(26)21(22(16)27)13-2-5-17-23(29-12-33(17)11-13)18-10-30-32-34(18)20-6-7-38-20/h2-5,8-12,20,31H,6-7H2,1H3. The summed E-state index contributed by atoms with van der Waals surface area (Å²) in [6.07, 6.45) is 6.33. The third kappa shape index (κ3) is 4.35. The van der Waals surface area contributed by atoms with Gasteiger partial charge in [-0.05, 0) is 24.3 Å². The fourth-order valence-corrected chi connectivity index (χ4v) is 5.66. The average molecular weight is 574 g/mol. The lowest BCUT2D eigenvalue weighted by molar-refractivity contribution is -0.106. The smallest absolute Gasteiger partial charge is 0.267 e. The van der Waals surface area contributed by atoms with Gasteiger partial charge in [-0.3, -0.25) is 4.72 Å². The summed E-state index contributed by atoms with van der Waals surface area (Å²) < 4.78 is 72.5. The molecule has 0 spiro atoms. The first kappa shape index (κ1) is 25.2. The molecule has 1 unspecified atom stereocenters. The number of sulfonamides is 1. The van der Waals surface area contributed by atoms with Gasteiger partial charge in [-0.25, -0.2) is 31.8 Å². The number of pyridine rings is 2. The number of fused-ring (bicyclic) bond motifs is 1. The third-order valence-corrected chi connectivity index (χ3v) is 7.75. The summed E-state index contributed by atoms with van der Waals surface area (Å²) >= 11 is 5.90. The van der Waals surface area contributed by atoms with Crippen LogP contribution in [0.25, 0.3) is 28.0 Å². The second kappa shape index (κ2) is 9.55. The van der Waals surface area contributed by atoms with Gasteiger partial charge in [-0.15, -0.1) is 5.10 Å². The first-order chi connectivity index (χ1) is 18.8.